The zero-order chi connectivity index (χ0) is 13.8. The van der Waals surface area contributed by atoms with Gasteiger partial charge in [0, 0.05) is 18.7 Å². The topological polar surface area (TPSA) is 12.0 Å². The van der Waals surface area contributed by atoms with E-state index in [1.807, 2.05) is 13.0 Å². The van der Waals surface area contributed by atoms with Gasteiger partial charge in [0.05, 0.1) is 5.56 Å². The first-order valence-electron chi connectivity index (χ1n) is 6.06. The van der Waals surface area contributed by atoms with Crippen molar-refractivity contribution in [1.82, 2.24) is 5.32 Å². The second kappa shape index (κ2) is 5.89. The molecule has 2 aromatic carbocycles. The number of hydrogen-bond donors (Lipinski definition) is 1. The van der Waals surface area contributed by atoms with Crippen LogP contribution in [0.3, 0.4) is 0 Å². The smallest absolute Gasteiger partial charge is 0.136 e. The van der Waals surface area contributed by atoms with E-state index in [0.717, 1.165) is 12.1 Å². The lowest BCUT2D eigenvalue weighted by Gasteiger charge is -2.08. The van der Waals surface area contributed by atoms with E-state index >= 15 is 0 Å². The zero-order valence-corrected chi connectivity index (χ0v) is 10.5. The van der Waals surface area contributed by atoms with Gasteiger partial charge < -0.3 is 5.32 Å². The van der Waals surface area contributed by atoms with Crippen LogP contribution in [0.1, 0.15) is 12.5 Å². The Morgan fingerprint density at radius 1 is 1.00 bits per heavy atom. The summed E-state index contributed by atoms with van der Waals surface area (Å²) in [6.45, 7) is 3.40. The van der Waals surface area contributed by atoms with Gasteiger partial charge in [-0.3, -0.25) is 0 Å². The van der Waals surface area contributed by atoms with Crippen molar-refractivity contribution >= 4 is 0 Å². The first kappa shape index (κ1) is 13.6. The molecular formula is C15H14F3N. The van der Waals surface area contributed by atoms with Gasteiger partial charge in [0.15, 0.2) is 0 Å². The highest BCUT2D eigenvalue weighted by molar-refractivity contribution is 5.65. The minimum absolute atomic E-state index is 0.195. The lowest BCUT2D eigenvalue weighted by atomic mass is 10.0. The number of benzene rings is 2. The van der Waals surface area contributed by atoms with Crippen LogP contribution in [0.25, 0.3) is 11.1 Å². The maximum absolute atomic E-state index is 13.7. The van der Waals surface area contributed by atoms with Gasteiger partial charge in [-0.1, -0.05) is 25.1 Å². The average molecular weight is 265 g/mol. The lowest BCUT2D eigenvalue weighted by molar-refractivity contribution is 0.548. The van der Waals surface area contributed by atoms with Gasteiger partial charge in [-0.2, -0.15) is 0 Å². The number of rotatable bonds is 4. The van der Waals surface area contributed by atoms with Gasteiger partial charge >= 0.3 is 0 Å². The summed E-state index contributed by atoms with van der Waals surface area (Å²) in [6.07, 6.45) is 0. The summed E-state index contributed by atoms with van der Waals surface area (Å²) >= 11 is 0. The molecule has 0 aliphatic heterocycles. The molecule has 0 spiro atoms. The fourth-order valence-corrected chi connectivity index (χ4v) is 1.92. The molecule has 0 saturated carbocycles. The summed E-state index contributed by atoms with van der Waals surface area (Å²) in [5.74, 6) is -2.70. The molecule has 0 fully saturated rings. The second-order valence-electron chi connectivity index (χ2n) is 4.23. The molecule has 100 valence electrons. The maximum atomic E-state index is 13.7. The van der Waals surface area contributed by atoms with E-state index in [2.05, 4.69) is 5.32 Å². The molecule has 0 atom stereocenters. The highest BCUT2D eigenvalue weighted by Gasteiger charge is 2.13. The van der Waals surface area contributed by atoms with E-state index in [0.29, 0.717) is 24.2 Å². The molecule has 4 heteroatoms. The molecule has 0 aliphatic carbocycles. The van der Waals surface area contributed by atoms with E-state index < -0.39 is 17.5 Å². The Balaban J connectivity index is 2.42. The molecule has 0 bridgehead atoms. The standard InChI is InChI=1S/C15H14F3N/c1-2-19-9-10-4-3-5-11(6-10)15-13(17)7-12(16)8-14(15)18/h3-8,19H,2,9H2,1H3. The maximum Gasteiger partial charge on any atom is 0.136 e. The quantitative estimate of drug-likeness (QED) is 0.884. The van der Waals surface area contributed by atoms with E-state index in [1.165, 1.54) is 0 Å². The molecule has 0 aliphatic rings. The first-order valence-corrected chi connectivity index (χ1v) is 6.06. The lowest BCUT2D eigenvalue weighted by Crippen LogP contribution is -2.11. The van der Waals surface area contributed by atoms with Crippen molar-refractivity contribution in [2.24, 2.45) is 0 Å². The molecular weight excluding hydrogens is 251 g/mol. The predicted molar refractivity (Wildman–Crippen MR) is 69.1 cm³/mol. The molecule has 1 N–H and O–H groups in total. The molecule has 0 radical (unpaired) electrons. The Hall–Kier alpha value is -1.81. The van der Waals surface area contributed by atoms with Crippen LogP contribution >= 0.6 is 0 Å². The molecule has 0 amide bonds. The summed E-state index contributed by atoms with van der Waals surface area (Å²) in [6, 6.07) is 8.28. The van der Waals surface area contributed by atoms with Crippen LogP contribution in [-0.2, 0) is 6.54 Å². The number of nitrogens with one attached hydrogen (secondary N) is 1. The molecule has 0 unspecified atom stereocenters. The summed E-state index contributed by atoms with van der Waals surface area (Å²) in [7, 11) is 0. The summed E-state index contributed by atoms with van der Waals surface area (Å²) in [4.78, 5) is 0. The molecule has 2 aromatic rings. The molecule has 0 aromatic heterocycles. The van der Waals surface area contributed by atoms with Gasteiger partial charge in [0.2, 0.25) is 0 Å². The summed E-state index contributed by atoms with van der Waals surface area (Å²) in [5.41, 5.74) is 1.13. The van der Waals surface area contributed by atoms with E-state index in [1.54, 1.807) is 18.2 Å². The van der Waals surface area contributed by atoms with E-state index in [4.69, 9.17) is 0 Å². The minimum atomic E-state index is -0.914. The van der Waals surface area contributed by atoms with Crippen molar-refractivity contribution in [1.29, 1.82) is 0 Å². The largest absolute Gasteiger partial charge is 0.313 e. The zero-order valence-electron chi connectivity index (χ0n) is 10.5. The van der Waals surface area contributed by atoms with Crippen LogP contribution in [0.4, 0.5) is 13.2 Å². The van der Waals surface area contributed by atoms with Gasteiger partial charge in [0.25, 0.3) is 0 Å². The van der Waals surface area contributed by atoms with Gasteiger partial charge in [0.1, 0.15) is 17.5 Å². The monoisotopic (exact) mass is 265 g/mol. The SMILES string of the molecule is CCNCc1cccc(-c2c(F)cc(F)cc2F)c1. The van der Waals surface area contributed by atoms with Crippen LogP contribution in [0.15, 0.2) is 36.4 Å². The fraction of sp³-hybridized carbons (Fsp3) is 0.200. The van der Waals surface area contributed by atoms with Crippen molar-refractivity contribution < 1.29 is 13.2 Å². The number of hydrogen-bond acceptors (Lipinski definition) is 1. The number of halogens is 3. The highest BCUT2D eigenvalue weighted by atomic mass is 19.1. The minimum Gasteiger partial charge on any atom is -0.313 e. The Labute approximate surface area is 110 Å². The van der Waals surface area contributed by atoms with Crippen molar-refractivity contribution in [2.45, 2.75) is 13.5 Å². The van der Waals surface area contributed by atoms with Crippen molar-refractivity contribution in [3.8, 4) is 11.1 Å². The normalized spacial score (nSPS) is 10.7. The Kier molecular flexibility index (Phi) is 4.22. The Bertz CT molecular complexity index is 558. The third kappa shape index (κ3) is 3.15. The molecule has 1 nitrogen and oxygen atoms in total. The molecule has 2 rings (SSSR count). The summed E-state index contributed by atoms with van der Waals surface area (Å²) < 4.78 is 40.3. The average Bonchev–Trinajstić information content (AvgIpc) is 2.35. The van der Waals surface area contributed by atoms with Crippen molar-refractivity contribution in [3.63, 3.8) is 0 Å². The second-order valence-corrected chi connectivity index (χ2v) is 4.23. The van der Waals surface area contributed by atoms with Gasteiger partial charge in [-0.05, 0) is 23.7 Å². The van der Waals surface area contributed by atoms with E-state index in [9.17, 15) is 13.2 Å². The van der Waals surface area contributed by atoms with Crippen LogP contribution in [-0.4, -0.2) is 6.54 Å². The van der Waals surface area contributed by atoms with Crippen LogP contribution in [0.5, 0.6) is 0 Å². The van der Waals surface area contributed by atoms with E-state index in [-0.39, 0.29) is 5.56 Å². The molecule has 0 saturated heterocycles. The Morgan fingerprint density at radius 2 is 1.68 bits per heavy atom. The third-order valence-electron chi connectivity index (χ3n) is 2.80. The van der Waals surface area contributed by atoms with Crippen LogP contribution in [0, 0.1) is 17.5 Å². The Morgan fingerprint density at radius 3 is 2.32 bits per heavy atom. The van der Waals surface area contributed by atoms with Gasteiger partial charge in [-0.25, -0.2) is 13.2 Å². The fourth-order valence-electron chi connectivity index (χ4n) is 1.92. The predicted octanol–water partition coefficient (Wildman–Crippen LogP) is 3.88. The van der Waals surface area contributed by atoms with Crippen LogP contribution in [0.2, 0.25) is 0 Å². The summed E-state index contributed by atoms with van der Waals surface area (Å²) in [5, 5.41) is 3.13. The molecule has 19 heavy (non-hydrogen) atoms. The van der Waals surface area contributed by atoms with Gasteiger partial charge in [-0.15, -0.1) is 0 Å². The first-order chi connectivity index (χ1) is 9.11. The molecule has 0 heterocycles. The van der Waals surface area contributed by atoms with Crippen molar-refractivity contribution in [2.75, 3.05) is 6.54 Å². The highest BCUT2D eigenvalue weighted by Crippen LogP contribution is 2.27. The van der Waals surface area contributed by atoms with Crippen LogP contribution < -0.4 is 5.32 Å². The third-order valence-corrected chi connectivity index (χ3v) is 2.80. The van der Waals surface area contributed by atoms with Crippen molar-refractivity contribution in [3.05, 3.63) is 59.4 Å².